The lowest BCUT2D eigenvalue weighted by Crippen LogP contribution is -2.57. The topological polar surface area (TPSA) is 96.4 Å². The molecule has 1 aliphatic carbocycles. The van der Waals surface area contributed by atoms with Crippen LogP contribution in [0.4, 0.5) is 30.6 Å². The first kappa shape index (κ1) is 24.0. The molecule has 188 valence electrons. The summed E-state index contributed by atoms with van der Waals surface area (Å²) in [7, 11) is 0. The predicted octanol–water partition coefficient (Wildman–Crippen LogP) is 3.97. The number of carbonyl (C=O) groups excluding carboxylic acids is 1. The molecule has 0 unspecified atom stereocenters. The molecule has 0 bridgehead atoms. The van der Waals surface area contributed by atoms with Crippen LogP contribution in [0.1, 0.15) is 12.8 Å². The number of piperazine rings is 1. The van der Waals surface area contributed by atoms with Gasteiger partial charge in [-0.15, -0.1) is 0 Å². The lowest BCUT2D eigenvalue weighted by atomic mass is 10.1. The fraction of sp³-hybridized carbons (Fsp3) is 0.348. The highest BCUT2D eigenvalue weighted by Crippen LogP contribution is 2.45. The van der Waals surface area contributed by atoms with E-state index in [1.54, 1.807) is 6.20 Å². The van der Waals surface area contributed by atoms with Gasteiger partial charge in [-0.25, -0.2) is 33.1 Å². The number of nitrogens with zero attached hydrogens (tertiary/aromatic N) is 6. The molecular weight excluding hydrogens is 499 g/mol. The maximum Gasteiger partial charge on any atom is 0.272 e. The average Bonchev–Trinajstić information content (AvgIpc) is 3.64. The maximum atomic E-state index is 14.9. The summed E-state index contributed by atoms with van der Waals surface area (Å²) in [5.74, 6) is -0.519. The lowest BCUT2D eigenvalue weighted by Gasteiger charge is -2.41. The highest BCUT2D eigenvalue weighted by Gasteiger charge is 2.53. The zero-order valence-electron chi connectivity index (χ0n) is 18.9. The van der Waals surface area contributed by atoms with Gasteiger partial charge in [-0.05, 0) is 31.1 Å². The average molecular weight is 520 g/mol. The summed E-state index contributed by atoms with van der Waals surface area (Å²) in [6.07, 6.45) is 3.24. The van der Waals surface area contributed by atoms with Crippen LogP contribution in [0.15, 0.2) is 37.3 Å². The molecule has 0 atom stereocenters. The first-order valence-corrected chi connectivity index (χ1v) is 11.5. The van der Waals surface area contributed by atoms with Gasteiger partial charge in [0, 0.05) is 19.6 Å². The SMILES string of the molecule is C=CC(=O)N1CCN(c2ncc3ncnc(Nc4ccc(OCC(F)F)c(Cl)c4F)c3n2)CC12CC2. The summed E-state index contributed by atoms with van der Waals surface area (Å²) < 4.78 is 44.6. The molecule has 3 aromatic rings. The third-order valence-corrected chi connectivity index (χ3v) is 6.58. The number of ether oxygens (including phenoxy) is 1. The third-order valence-electron chi connectivity index (χ3n) is 6.23. The van der Waals surface area contributed by atoms with Gasteiger partial charge in [0.05, 0.1) is 17.4 Å². The molecule has 2 fully saturated rings. The number of nitrogens with one attached hydrogen (secondary N) is 1. The Kier molecular flexibility index (Phi) is 6.29. The van der Waals surface area contributed by atoms with Crippen molar-refractivity contribution in [2.24, 2.45) is 0 Å². The molecule has 1 spiro atoms. The van der Waals surface area contributed by atoms with Gasteiger partial charge < -0.3 is 19.9 Å². The van der Waals surface area contributed by atoms with Crippen molar-refractivity contribution in [2.45, 2.75) is 24.8 Å². The Labute approximate surface area is 209 Å². The van der Waals surface area contributed by atoms with E-state index in [2.05, 4.69) is 31.8 Å². The molecule has 1 saturated heterocycles. The van der Waals surface area contributed by atoms with Crippen molar-refractivity contribution in [1.29, 1.82) is 0 Å². The van der Waals surface area contributed by atoms with E-state index < -0.39 is 23.9 Å². The Morgan fingerprint density at radius 3 is 2.81 bits per heavy atom. The van der Waals surface area contributed by atoms with Crippen molar-refractivity contribution >= 4 is 46.0 Å². The van der Waals surface area contributed by atoms with Crippen molar-refractivity contribution in [1.82, 2.24) is 24.8 Å². The molecule has 5 rings (SSSR count). The van der Waals surface area contributed by atoms with Crippen LogP contribution in [0.25, 0.3) is 11.0 Å². The molecule has 2 aliphatic rings. The predicted molar refractivity (Wildman–Crippen MR) is 127 cm³/mol. The number of rotatable bonds is 7. The van der Waals surface area contributed by atoms with E-state index in [1.165, 1.54) is 24.5 Å². The second-order valence-corrected chi connectivity index (χ2v) is 8.91. The summed E-state index contributed by atoms with van der Waals surface area (Å²) in [5, 5.41) is 2.42. The smallest absolute Gasteiger partial charge is 0.272 e. The van der Waals surface area contributed by atoms with Gasteiger partial charge in [-0.2, -0.15) is 0 Å². The van der Waals surface area contributed by atoms with Gasteiger partial charge >= 0.3 is 0 Å². The molecule has 1 saturated carbocycles. The number of hydrogen-bond donors (Lipinski definition) is 1. The third kappa shape index (κ3) is 4.48. The molecule has 13 heteroatoms. The van der Waals surface area contributed by atoms with Crippen molar-refractivity contribution < 1.29 is 22.7 Å². The highest BCUT2D eigenvalue weighted by molar-refractivity contribution is 6.32. The van der Waals surface area contributed by atoms with Gasteiger partial charge in [0.15, 0.2) is 11.6 Å². The molecule has 1 amide bonds. The normalized spacial score (nSPS) is 16.5. The molecule has 36 heavy (non-hydrogen) atoms. The number of benzene rings is 1. The lowest BCUT2D eigenvalue weighted by molar-refractivity contribution is -0.129. The van der Waals surface area contributed by atoms with E-state index in [-0.39, 0.29) is 28.7 Å². The zero-order chi connectivity index (χ0) is 25.4. The van der Waals surface area contributed by atoms with E-state index in [4.69, 9.17) is 16.3 Å². The Hall–Kier alpha value is -3.67. The number of aromatic nitrogens is 4. The van der Waals surface area contributed by atoms with Crippen molar-refractivity contribution in [3.05, 3.63) is 48.2 Å². The largest absolute Gasteiger partial charge is 0.486 e. The molecule has 1 aliphatic heterocycles. The summed E-state index contributed by atoms with van der Waals surface area (Å²) in [6.45, 7) is 4.33. The van der Waals surface area contributed by atoms with Crippen LogP contribution in [-0.4, -0.2) is 68.9 Å². The maximum absolute atomic E-state index is 14.9. The molecule has 0 radical (unpaired) electrons. The number of alkyl halides is 2. The summed E-state index contributed by atoms with van der Waals surface area (Å²) >= 11 is 5.99. The molecule has 3 heterocycles. The first-order chi connectivity index (χ1) is 17.3. The van der Waals surface area contributed by atoms with Crippen molar-refractivity contribution in [2.75, 3.05) is 36.5 Å². The molecule has 9 nitrogen and oxygen atoms in total. The Bertz CT molecular complexity index is 1340. The van der Waals surface area contributed by atoms with Crippen molar-refractivity contribution in [3.8, 4) is 5.75 Å². The number of fused-ring (bicyclic) bond motifs is 1. The Morgan fingerprint density at radius 2 is 2.08 bits per heavy atom. The van der Waals surface area contributed by atoms with Gasteiger partial charge in [-0.1, -0.05) is 18.2 Å². The Balaban J connectivity index is 1.41. The van der Waals surface area contributed by atoms with Gasteiger partial charge in [0.1, 0.15) is 34.7 Å². The molecule has 2 aromatic heterocycles. The van der Waals surface area contributed by atoms with E-state index in [0.717, 1.165) is 12.8 Å². The van der Waals surface area contributed by atoms with Crippen LogP contribution in [0.2, 0.25) is 5.02 Å². The fourth-order valence-corrected chi connectivity index (χ4v) is 4.50. The summed E-state index contributed by atoms with van der Waals surface area (Å²) in [6, 6.07) is 2.60. The molecule has 1 N–H and O–H groups in total. The standard InChI is InChI=1S/C23H21ClF3N7O2/c1-2-17(35)34-8-7-33(11-23(34)5-6-23)22-28-9-14-20(32-22)21(30-12-29-14)31-13-3-4-15(18(24)19(13)27)36-10-16(25)26/h2-4,9,12,16H,1,5-8,10-11H2,(H,29,30,31). The monoisotopic (exact) mass is 519 g/mol. The fourth-order valence-electron chi connectivity index (χ4n) is 4.28. The van der Waals surface area contributed by atoms with Gasteiger partial charge in [-0.3, -0.25) is 4.79 Å². The number of hydrogen-bond acceptors (Lipinski definition) is 8. The van der Waals surface area contributed by atoms with Crippen LogP contribution in [-0.2, 0) is 4.79 Å². The minimum atomic E-state index is -2.72. The number of carbonyl (C=O) groups is 1. The van der Waals surface area contributed by atoms with Crippen LogP contribution >= 0.6 is 11.6 Å². The van der Waals surface area contributed by atoms with Crippen molar-refractivity contribution in [3.63, 3.8) is 0 Å². The minimum absolute atomic E-state index is 0.0435. The summed E-state index contributed by atoms with van der Waals surface area (Å²) in [4.78, 5) is 33.6. The number of halogens is 4. The molecule has 1 aromatic carbocycles. The Morgan fingerprint density at radius 1 is 1.28 bits per heavy atom. The van der Waals surface area contributed by atoms with Crippen LogP contribution in [0, 0.1) is 5.82 Å². The summed E-state index contributed by atoms with van der Waals surface area (Å²) in [5.41, 5.74) is 0.495. The minimum Gasteiger partial charge on any atom is -0.486 e. The second kappa shape index (κ2) is 9.41. The van der Waals surface area contributed by atoms with Gasteiger partial charge in [0.2, 0.25) is 11.9 Å². The quantitative estimate of drug-likeness (QED) is 0.469. The number of anilines is 3. The van der Waals surface area contributed by atoms with E-state index in [0.29, 0.717) is 36.6 Å². The molecular formula is C23H21ClF3N7O2. The van der Waals surface area contributed by atoms with E-state index >= 15 is 0 Å². The van der Waals surface area contributed by atoms with E-state index in [1.807, 2.05) is 9.80 Å². The second-order valence-electron chi connectivity index (χ2n) is 8.53. The zero-order valence-corrected chi connectivity index (χ0v) is 19.7. The van der Waals surface area contributed by atoms with Crippen LogP contribution < -0.4 is 15.0 Å². The number of amides is 1. The van der Waals surface area contributed by atoms with E-state index in [9.17, 15) is 18.0 Å². The van der Waals surface area contributed by atoms with Crippen LogP contribution in [0.3, 0.4) is 0 Å². The first-order valence-electron chi connectivity index (χ1n) is 11.1. The van der Waals surface area contributed by atoms with Crippen LogP contribution in [0.5, 0.6) is 5.75 Å². The van der Waals surface area contributed by atoms with Gasteiger partial charge in [0.25, 0.3) is 6.43 Å². The highest BCUT2D eigenvalue weighted by atomic mass is 35.5.